The number of carbonyl (C=O) groups is 2. The Balaban J connectivity index is 1.61. The summed E-state index contributed by atoms with van der Waals surface area (Å²) in [6.45, 7) is 4.47. The summed E-state index contributed by atoms with van der Waals surface area (Å²) in [5, 5.41) is 6.92. The number of piperidine rings is 1. The average Bonchev–Trinajstić information content (AvgIpc) is 3.18. The number of rotatable bonds is 6. The van der Waals surface area contributed by atoms with Gasteiger partial charge in [-0.05, 0) is 33.9 Å². The highest BCUT2D eigenvalue weighted by atomic mass is 16.5. The molecular weight excluding hydrogens is 356 g/mol. The van der Waals surface area contributed by atoms with Crippen molar-refractivity contribution in [3.05, 3.63) is 41.6 Å². The molecule has 0 aliphatic carbocycles. The van der Waals surface area contributed by atoms with E-state index >= 15 is 0 Å². The molecule has 1 N–H and O–H groups in total. The number of amides is 2. The Hall–Kier alpha value is -2.67. The van der Waals surface area contributed by atoms with Gasteiger partial charge < -0.3 is 19.6 Å². The molecular formula is C21H28N4O3. The standard InChI is InChI=1S/C21H28N4O3/c1-15-6-8-16(9-7-15)19-13-18(23-28-19)21(27)25-11-4-5-17(14-25)20(26)22-10-12-24(2)3/h6-9,13,17H,4-5,10-12,14H2,1-3H3,(H,22,26). The van der Waals surface area contributed by atoms with Crippen LogP contribution in [0, 0.1) is 12.8 Å². The highest BCUT2D eigenvalue weighted by molar-refractivity contribution is 5.93. The van der Waals surface area contributed by atoms with Crippen molar-refractivity contribution in [3.63, 3.8) is 0 Å². The van der Waals surface area contributed by atoms with E-state index in [2.05, 4.69) is 10.5 Å². The second-order valence-corrected chi connectivity index (χ2v) is 7.63. The highest BCUT2D eigenvalue weighted by Crippen LogP contribution is 2.23. The topological polar surface area (TPSA) is 78.7 Å². The number of hydrogen-bond acceptors (Lipinski definition) is 5. The summed E-state index contributed by atoms with van der Waals surface area (Å²) in [6.07, 6.45) is 1.60. The predicted molar refractivity (Wildman–Crippen MR) is 107 cm³/mol. The van der Waals surface area contributed by atoms with Crippen LogP contribution in [-0.2, 0) is 4.79 Å². The molecule has 7 heteroatoms. The minimum atomic E-state index is -0.187. The summed E-state index contributed by atoms with van der Waals surface area (Å²) in [6, 6.07) is 9.54. The fraction of sp³-hybridized carbons (Fsp3) is 0.476. The van der Waals surface area contributed by atoms with Crippen LogP contribution in [0.2, 0.25) is 0 Å². The largest absolute Gasteiger partial charge is 0.355 e. The van der Waals surface area contributed by atoms with Crippen LogP contribution in [0.25, 0.3) is 11.3 Å². The summed E-state index contributed by atoms with van der Waals surface area (Å²) >= 11 is 0. The molecule has 0 spiro atoms. The normalized spacial score (nSPS) is 17.0. The molecule has 28 heavy (non-hydrogen) atoms. The van der Waals surface area contributed by atoms with E-state index in [4.69, 9.17) is 4.52 Å². The quantitative estimate of drug-likeness (QED) is 0.826. The van der Waals surface area contributed by atoms with Crippen molar-refractivity contribution in [2.45, 2.75) is 19.8 Å². The van der Waals surface area contributed by atoms with E-state index < -0.39 is 0 Å². The fourth-order valence-corrected chi connectivity index (χ4v) is 3.31. The number of nitrogens with one attached hydrogen (secondary N) is 1. The molecule has 0 saturated carbocycles. The second-order valence-electron chi connectivity index (χ2n) is 7.63. The molecule has 7 nitrogen and oxygen atoms in total. The number of likely N-dealkylation sites (N-methyl/N-ethyl adjacent to an activating group) is 1. The Morgan fingerprint density at radius 3 is 2.75 bits per heavy atom. The molecule has 1 fully saturated rings. The minimum Gasteiger partial charge on any atom is -0.355 e. The smallest absolute Gasteiger partial charge is 0.276 e. The SMILES string of the molecule is Cc1ccc(-c2cc(C(=O)N3CCCC(C(=O)NCCN(C)C)C3)no2)cc1. The van der Waals surface area contributed by atoms with Crippen LogP contribution in [0.5, 0.6) is 0 Å². The van der Waals surface area contributed by atoms with Crippen molar-refractivity contribution in [2.75, 3.05) is 40.3 Å². The maximum atomic E-state index is 12.8. The van der Waals surface area contributed by atoms with E-state index in [-0.39, 0.29) is 23.4 Å². The third kappa shape index (κ3) is 4.98. The van der Waals surface area contributed by atoms with Crippen molar-refractivity contribution >= 4 is 11.8 Å². The summed E-state index contributed by atoms with van der Waals surface area (Å²) < 4.78 is 5.37. The van der Waals surface area contributed by atoms with E-state index in [0.717, 1.165) is 30.5 Å². The molecule has 2 aromatic rings. The van der Waals surface area contributed by atoms with Crippen molar-refractivity contribution in [2.24, 2.45) is 5.92 Å². The van der Waals surface area contributed by atoms with E-state index in [0.29, 0.717) is 25.4 Å². The van der Waals surface area contributed by atoms with Gasteiger partial charge in [-0.1, -0.05) is 35.0 Å². The monoisotopic (exact) mass is 384 g/mol. The molecule has 3 rings (SSSR count). The van der Waals surface area contributed by atoms with E-state index in [1.54, 1.807) is 11.0 Å². The van der Waals surface area contributed by atoms with Gasteiger partial charge in [0.2, 0.25) is 5.91 Å². The van der Waals surface area contributed by atoms with Gasteiger partial charge in [-0.3, -0.25) is 9.59 Å². The van der Waals surface area contributed by atoms with Crippen molar-refractivity contribution < 1.29 is 14.1 Å². The van der Waals surface area contributed by atoms with E-state index in [9.17, 15) is 9.59 Å². The van der Waals surface area contributed by atoms with Gasteiger partial charge in [0.15, 0.2) is 11.5 Å². The second kappa shape index (κ2) is 9.01. The minimum absolute atomic E-state index is 0.0137. The zero-order valence-corrected chi connectivity index (χ0v) is 16.8. The molecule has 1 saturated heterocycles. The summed E-state index contributed by atoms with van der Waals surface area (Å²) in [4.78, 5) is 29.0. The molecule has 1 aliphatic rings. The molecule has 0 bridgehead atoms. The number of nitrogens with zero attached hydrogens (tertiary/aromatic N) is 3. The van der Waals surface area contributed by atoms with Crippen molar-refractivity contribution in [1.82, 2.24) is 20.3 Å². The maximum absolute atomic E-state index is 12.8. The Bertz CT molecular complexity index is 813. The lowest BCUT2D eigenvalue weighted by Crippen LogP contribution is -2.46. The van der Waals surface area contributed by atoms with Crippen LogP contribution in [-0.4, -0.2) is 67.0 Å². The zero-order chi connectivity index (χ0) is 20.1. The Morgan fingerprint density at radius 1 is 1.29 bits per heavy atom. The van der Waals surface area contributed by atoms with Gasteiger partial charge >= 0.3 is 0 Å². The molecule has 150 valence electrons. The Morgan fingerprint density at radius 2 is 2.04 bits per heavy atom. The molecule has 1 atom stereocenters. The molecule has 1 aliphatic heterocycles. The van der Waals surface area contributed by atoms with Crippen molar-refractivity contribution in [3.8, 4) is 11.3 Å². The number of carbonyl (C=O) groups excluding carboxylic acids is 2. The van der Waals surface area contributed by atoms with Crippen LogP contribution >= 0.6 is 0 Å². The average molecular weight is 384 g/mol. The maximum Gasteiger partial charge on any atom is 0.276 e. The van der Waals surface area contributed by atoms with Crippen molar-refractivity contribution in [1.29, 1.82) is 0 Å². The first-order valence-corrected chi connectivity index (χ1v) is 9.69. The number of aryl methyl sites for hydroxylation is 1. The van der Waals surface area contributed by atoms with Gasteiger partial charge in [0, 0.05) is 37.8 Å². The van der Waals surface area contributed by atoms with E-state index in [1.807, 2.05) is 50.2 Å². The highest BCUT2D eigenvalue weighted by Gasteiger charge is 2.30. The number of benzene rings is 1. The molecule has 2 heterocycles. The van der Waals surface area contributed by atoms with Crippen LogP contribution < -0.4 is 5.32 Å². The molecule has 0 radical (unpaired) electrons. The first-order chi connectivity index (χ1) is 13.4. The van der Waals surface area contributed by atoms with Crippen LogP contribution in [0.3, 0.4) is 0 Å². The number of hydrogen-bond donors (Lipinski definition) is 1. The van der Waals surface area contributed by atoms with Gasteiger partial charge in [-0.25, -0.2) is 0 Å². The summed E-state index contributed by atoms with van der Waals surface area (Å²) in [5.74, 6) is 0.217. The molecule has 1 unspecified atom stereocenters. The van der Waals surface area contributed by atoms with Gasteiger partial charge in [0.25, 0.3) is 5.91 Å². The van der Waals surface area contributed by atoms with Gasteiger partial charge in [0.1, 0.15) is 0 Å². The number of aromatic nitrogens is 1. The summed E-state index contributed by atoms with van der Waals surface area (Å²) in [7, 11) is 3.94. The lowest BCUT2D eigenvalue weighted by Gasteiger charge is -2.31. The predicted octanol–water partition coefficient (Wildman–Crippen LogP) is 2.18. The van der Waals surface area contributed by atoms with Gasteiger partial charge in [-0.15, -0.1) is 0 Å². The Labute approximate surface area is 165 Å². The third-order valence-corrected chi connectivity index (χ3v) is 5.00. The lowest BCUT2D eigenvalue weighted by molar-refractivity contribution is -0.126. The fourth-order valence-electron chi connectivity index (χ4n) is 3.31. The third-order valence-electron chi connectivity index (χ3n) is 5.00. The van der Waals surface area contributed by atoms with Crippen LogP contribution in [0.15, 0.2) is 34.9 Å². The van der Waals surface area contributed by atoms with Crippen LogP contribution in [0.1, 0.15) is 28.9 Å². The zero-order valence-electron chi connectivity index (χ0n) is 16.8. The van der Waals surface area contributed by atoms with Crippen LogP contribution in [0.4, 0.5) is 0 Å². The van der Waals surface area contributed by atoms with Gasteiger partial charge in [-0.2, -0.15) is 0 Å². The Kier molecular flexibility index (Phi) is 6.46. The molecule has 2 amide bonds. The molecule has 1 aromatic heterocycles. The number of likely N-dealkylation sites (tertiary alicyclic amines) is 1. The first-order valence-electron chi connectivity index (χ1n) is 9.69. The summed E-state index contributed by atoms with van der Waals surface area (Å²) in [5.41, 5.74) is 2.32. The van der Waals surface area contributed by atoms with E-state index in [1.165, 1.54) is 0 Å². The first kappa shape index (κ1) is 20.1. The molecule has 1 aromatic carbocycles. The van der Waals surface area contributed by atoms with Gasteiger partial charge in [0.05, 0.1) is 5.92 Å². The lowest BCUT2D eigenvalue weighted by atomic mass is 9.97.